The summed E-state index contributed by atoms with van der Waals surface area (Å²) in [6.45, 7) is 4.76. The first-order chi connectivity index (χ1) is 8.58. The summed E-state index contributed by atoms with van der Waals surface area (Å²) in [4.78, 5) is 0. The molecular formula is C12H17BrN4O. The number of aliphatic hydroxyl groups is 1. The van der Waals surface area contributed by atoms with Crippen molar-refractivity contribution in [2.45, 2.75) is 32.9 Å². The molecule has 0 aliphatic carbocycles. The minimum Gasteiger partial charge on any atom is -0.380 e. The minimum absolute atomic E-state index is 0.719. The Hall–Kier alpha value is -1.14. The quantitative estimate of drug-likeness (QED) is 0.940. The van der Waals surface area contributed by atoms with Gasteiger partial charge in [0.1, 0.15) is 6.10 Å². The second-order valence-corrected chi connectivity index (χ2v) is 4.99. The van der Waals surface area contributed by atoms with Crippen LogP contribution in [0.2, 0.25) is 0 Å². The van der Waals surface area contributed by atoms with E-state index >= 15 is 0 Å². The summed E-state index contributed by atoms with van der Waals surface area (Å²) in [5.41, 5.74) is 2.52. The van der Waals surface area contributed by atoms with E-state index in [0.29, 0.717) is 0 Å². The minimum atomic E-state index is -0.723. The Morgan fingerprint density at radius 1 is 1.44 bits per heavy atom. The monoisotopic (exact) mass is 312 g/mol. The molecule has 2 rings (SSSR count). The molecule has 1 N–H and O–H groups in total. The molecule has 1 unspecified atom stereocenters. The third-order valence-electron chi connectivity index (χ3n) is 3.00. The van der Waals surface area contributed by atoms with Crippen LogP contribution < -0.4 is 0 Å². The Labute approximate surface area is 115 Å². The van der Waals surface area contributed by atoms with Crippen LogP contribution in [0.1, 0.15) is 37.0 Å². The highest BCUT2D eigenvalue weighted by Crippen LogP contribution is 2.28. The van der Waals surface area contributed by atoms with E-state index in [1.165, 1.54) is 0 Å². The number of aryl methyl sites for hydroxylation is 3. The van der Waals surface area contributed by atoms with Gasteiger partial charge in [0.25, 0.3) is 0 Å². The summed E-state index contributed by atoms with van der Waals surface area (Å²) in [6.07, 6.45) is 1.84. The fourth-order valence-corrected chi connectivity index (χ4v) is 2.52. The number of hydrogen-bond donors (Lipinski definition) is 1. The van der Waals surface area contributed by atoms with Crippen LogP contribution in [0.5, 0.6) is 0 Å². The van der Waals surface area contributed by atoms with Crippen LogP contribution in [0.3, 0.4) is 0 Å². The molecule has 0 bridgehead atoms. The molecule has 0 aliphatic rings. The third kappa shape index (κ3) is 2.22. The molecule has 0 saturated heterocycles. The van der Waals surface area contributed by atoms with Crippen LogP contribution in [0.4, 0.5) is 0 Å². The average Bonchev–Trinajstić information content (AvgIpc) is 2.91. The molecule has 5 nitrogen and oxygen atoms in total. The summed E-state index contributed by atoms with van der Waals surface area (Å²) >= 11 is 3.43. The zero-order valence-electron chi connectivity index (χ0n) is 10.8. The van der Waals surface area contributed by atoms with Crippen molar-refractivity contribution in [2.75, 3.05) is 0 Å². The molecule has 0 fully saturated rings. The molecule has 18 heavy (non-hydrogen) atoms. The summed E-state index contributed by atoms with van der Waals surface area (Å²) < 4.78 is 4.33. The highest BCUT2D eigenvalue weighted by molar-refractivity contribution is 9.10. The highest BCUT2D eigenvalue weighted by Gasteiger charge is 2.22. The van der Waals surface area contributed by atoms with Crippen LogP contribution >= 0.6 is 15.9 Å². The number of aliphatic hydroxyl groups excluding tert-OH is 1. The molecule has 2 aromatic heterocycles. The summed E-state index contributed by atoms with van der Waals surface area (Å²) in [6, 6.07) is 1.93. The van der Waals surface area contributed by atoms with Gasteiger partial charge < -0.3 is 5.11 Å². The van der Waals surface area contributed by atoms with Gasteiger partial charge in [-0.15, -0.1) is 0 Å². The Morgan fingerprint density at radius 3 is 2.72 bits per heavy atom. The maximum absolute atomic E-state index is 10.5. The fourth-order valence-electron chi connectivity index (χ4n) is 2.01. The normalized spacial score (nSPS) is 12.9. The standard InChI is InChI=1S/C12H17BrN4O/c1-4-8-6-10(16(3)15-8)12(18)11-9(13)7-14-17(11)5-2/h6-7,12,18H,4-5H2,1-3H3. The first-order valence-electron chi connectivity index (χ1n) is 6.00. The van der Waals surface area contributed by atoms with E-state index in [4.69, 9.17) is 0 Å². The van der Waals surface area contributed by atoms with E-state index in [1.54, 1.807) is 15.6 Å². The Bertz CT molecular complexity index is 546. The van der Waals surface area contributed by atoms with E-state index in [0.717, 1.165) is 34.5 Å². The van der Waals surface area contributed by atoms with Crippen LogP contribution in [0, 0.1) is 0 Å². The molecular weight excluding hydrogens is 296 g/mol. The number of nitrogens with zero attached hydrogens (tertiary/aromatic N) is 4. The third-order valence-corrected chi connectivity index (χ3v) is 3.61. The molecule has 2 heterocycles. The topological polar surface area (TPSA) is 55.9 Å². The van der Waals surface area contributed by atoms with E-state index < -0.39 is 6.10 Å². The number of rotatable bonds is 4. The van der Waals surface area contributed by atoms with Crippen LogP contribution in [-0.2, 0) is 20.0 Å². The molecule has 0 radical (unpaired) electrons. The largest absolute Gasteiger partial charge is 0.380 e. The van der Waals surface area contributed by atoms with Crippen LogP contribution in [0.15, 0.2) is 16.7 Å². The molecule has 0 amide bonds. The van der Waals surface area contributed by atoms with E-state index in [-0.39, 0.29) is 0 Å². The number of aromatic nitrogens is 4. The lowest BCUT2D eigenvalue weighted by Crippen LogP contribution is -2.12. The van der Waals surface area contributed by atoms with Gasteiger partial charge in [0, 0.05) is 13.6 Å². The van der Waals surface area contributed by atoms with Crippen molar-refractivity contribution in [1.29, 1.82) is 0 Å². The van der Waals surface area contributed by atoms with Gasteiger partial charge in [-0.2, -0.15) is 10.2 Å². The van der Waals surface area contributed by atoms with Crippen LogP contribution in [0.25, 0.3) is 0 Å². The van der Waals surface area contributed by atoms with Gasteiger partial charge in [-0.3, -0.25) is 9.36 Å². The molecule has 0 aromatic carbocycles. The molecule has 1 atom stereocenters. The van der Waals surface area contributed by atoms with Gasteiger partial charge in [-0.05, 0) is 35.3 Å². The van der Waals surface area contributed by atoms with Crippen molar-refractivity contribution in [3.63, 3.8) is 0 Å². The van der Waals surface area contributed by atoms with Crippen molar-refractivity contribution in [3.8, 4) is 0 Å². The van der Waals surface area contributed by atoms with E-state index in [1.807, 2.05) is 27.0 Å². The molecule has 98 valence electrons. The smallest absolute Gasteiger partial charge is 0.138 e. The number of halogens is 1. The lowest BCUT2D eigenvalue weighted by molar-refractivity contribution is 0.197. The lowest BCUT2D eigenvalue weighted by atomic mass is 10.1. The van der Waals surface area contributed by atoms with Gasteiger partial charge in [0.05, 0.1) is 27.8 Å². The van der Waals surface area contributed by atoms with Gasteiger partial charge in [-0.25, -0.2) is 0 Å². The lowest BCUT2D eigenvalue weighted by Gasteiger charge is -2.13. The molecule has 0 saturated carbocycles. The predicted molar refractivity (Wildman–Crippen MR) is 72.2 cm³/mol. The first kappa shape index (κ1) is 13.3. The van der Waals surface area contributed by atoms with Gasteiger partial charge in [-0.1, -0.05) is 6.92 Å². The van der Waals surface area contributed by atoms with Crippen molar-refractivity contribution in [1.82, 2.24) is 19.6 Å². The van der Waals surface area contributed by atoms with Gasteiger partial charge in [0.2, 0.25) is 0 Å². The van der Waals surface area contributed by atoms with Crippen LogP contribution in [-0.4, -0.2) is 24.7 Å². The van der Waals surface area contributed by atoms with Crippen molar-refractivity contribution in [3.05, 3.63) is 33.8 Å². The molecule has 2 aromatic rings. The first-order valence-corrected chi connectivity index (χ1v) is 6.79. The summed E-state index contributed by atoms with van der Waals surface area (Å²) in [5.74, 6) is 0. The highest BCUT2D eigenvalue weighted by atomic mass is 79.9. The van der Waals surface area contributed by atoms with Crippen molar-refractivity contribution >= 4 is 15.9 Å². The summed E-state index contributed by atoms with van der Waals surface area (Å²) in [5, 5.41) is 19.1. The summed E-state index contributed by atoms with van der Waals surface area (Å²) in [7, 11) is 1.85. The van der Waals surface area contributed by atoms with Gasteiger partial charge >= 0.3 is 0 Å². The Morgan fingerprint density at radius 2 is 2.17 bits per heavy atom. The van der Waals surface area contributed by atoms with Gasteiger partial charge in [0.15, 0.2) is 0 Å². The second kappa shape index (κ2) is 5.24. The SMILES string of the molecule is CCc1cc(C(O)c2c(Br)cnn2CC)n(C)n1. The van der Waals surface area contributed by atoms with E-state index in [2.05, 4.69) is 26.1 Å². The Kier molecular flexibility index (Phi) is 3.87. The van der Waals surface area contributed by atoms with Crippen molar-refractivity contribution in [2.24, 2.45) is 7.05 Å². The zero-order chi connectivity index (χ0) is 13.3. The maximum atomic E-state index is 10.5. The predicted octanol–water partition coefficient (Wildman–Crippen LogP) is 2.04. The molecule has 0 aliphatic heterocycles. The van der Waals surface area contributed by atoms with Crippen molar-refractivity contribution < 1.29 is 5.11 Å². The zero-order valence-corrected chi connectivity index (χ0v) is 12.3. The average molecular weight is 313 g/mol. The molecule has 0 spiro atoms. The maximum Gasteiger partial charge on any atom is 0.138 e. The Balaban J connectivity index is 2.43. The van der Waals surface area contributed by atoms with E-state index in [9.17, 15) is 5.11 Å². The second-order valence-electron chi connectivity index (χ2n) is 4.13. The number of hydrogen-bond acceptors (Lipinski definition) is 3. The fraction of sp³-hybridized carbons (Fsp3) is 0.500. The molecule has 6 heteroatoms.